The maximum absolute atomic E-state index is 12.4. The number of unbranched alkanes of at least 4 members (excludes halogenated alkanes) is 1. The number of nitrogens with one attached hydrogen (secondary N) is 2. The topological polar surface area (TPSA) is 102 Å². The van der Waals surface area contributed by atoms with Gasteiger partial charge >= 0.3 is 0 Å². The molecule has 0 saturated carbocycles. The Hall–Kier alpha value is -1.64. The van der Waals surface area contributed by atoms with Gasteiger partial charge in [0.2, 0.25) is 5.91 Å². The predicted molar refractivity (Wildman–Crippen MR) is 108 cm³/mol. The van der Waals surface area contributed by atoms with Crippen LogP contribution in [0.1, 0.15) is 48.5 Å². The zero-order chi connectivity index (χ0) is 18.6. The van der Waals surface area contributed by atoms with Crippen molar-refractivity contribution in [2.45, 2.75) is 52.1 Å². The molecular formula is C17H28ClN5O2S. The van der Waals surface area contributed by atoms with Crippen LogP contribution in [0.2, 0.25) is 0 Å². The summed E-state index contributed by atoms with van der Waals surface area (Å²) in [5, 5.41) is 11.0. The van der Waals surface area contributed by atoms with E-state index in [-0.39, 0.29) is 30.3 Å². The molecule has 26 heavy (non-hydrogen) atoms. The minimum Gasteiger partial charge on any atom is -0.350 e. The number of halogens is 1. The van der Waals surface area contributed by atoms with Gasteiger partial charge in [0.25, 0.3) is 5.91 Å². The van der Waals surface area contributed by atoms with Crippen molar-refractivity contribution >= 4 is 45.8 Å². The molecule has 0 aliphatic rings. The summed E-state index contributed by atoms with van der Waals surface area (Å²) in [6, 6.07) is 1.16. The quantitative estimate of drug-likeness (QED) is 0.630. The highest BCUT2D eigenvalue weighted by atomic mass is 35.5. The summed E-state index contributed by atoms with van der Waals surface area (Å²) in [6.07, 6.45) is 2.92. The maximum Gasteiger partial charge on any atom is 0.262 e. The molecule has 0 spiro atoms. The lowest BCUT2D eigenvalue weighted by atomic mass is 10.1. The molecule has 0 radical (unpaired) electrons. The standard InChI is InChI=1S/C17H27N5O2S.ClH/c1-5-6-7-12(9-18)20-15(23)11(3)19-16(24)14-8-13-10(2)21-22(4)17(13)25-14;/h8,11-12H,5-7,9,18H2,1-4H3,(H,19,24)(H,20,23);1H. The summed E-state index contributed by atoms with van der Waals surface area (Å²) < 4.78 is 1.77. The van der Waals surface area contributed by atoms with E-state index in [0.717, 1.165) is 35.2 Å². The van der Waals surface area contributed by atoms with Crippen LogP contribution in [0.3, 0.4) is 0 Å². The number of carbonyl (C=O) groups is 2. The summed E-state index contributed by atoms with van der Waals surface area (Å²) in [5.74, 6) is -0.458. The second-order valence-corrected chi connectivity index (χ2v) is 7.35. The van der Waals surface area contributed by atoms with E-state index in [1.807, 2.05) is 20.0 Å². The van der Waals surface area contributed by atoms with E-state index in [4.69, 9.17) is 5.73 Å². The van der Waals surface area contributed by atoms with Gasteiger partial charge in [-0.15, -0.1) is 23.7 Å². The van der Waals surface area contributed by atoms with Gasteiger partial charge in [-0.05, 0) is 26.3 Å². The lowest BCUT2D eigenvalue weighted by Gasteiger charge is -2.20. The molecule has 2 rings (SSSR count). The zero-order valence-electron chi connectivity index (χ0n) is 15.7. The van der Waals surface area contributed by atoms with Gasteiger partial charge in [0.05, 0.1) is 10.6 Å². The summed E-state index contributed by atoms with van der Waals surface area (Å²) in [6.45, 7) is 6.09. The lowest BCUT2D eigenvalue weighted by molar-refractivity contribution is -0.123. The molecule has 2 unspecified atom stereocenters. The number of amides is 2. The minimum atomic E-state index is -0.618. The minimum absolute atomic E-state index is 0. The van der Waals surface area contributed by atoms with Gasteiger partial charge in [-0.3, -0.25) is 14.3 Å². The van der Waals surface area contributed by atoms with Crippen molar-refractivity contribution in [2.75, 3.05) is 6.54 Å². The molecule has 4 N–H and O–H groups in total. The first-order chi connectivity index (χ1) is 11.9. The van der Waals surface area contributed by atoms with Gasteiger partial charge in [0.15, 0.2) is 0 Å². The van der Waals surface area contributed by atoms with Gasteiger partial charge in [-0.2, -0.15) is 5.10 Å². The fourth-order valence-electron chi connectivity index (χ4n) is 2.68. The maximum atomic E-state index is 12.4. The molecule has 0 aliphatic carbocycles. The van der Waals surface area contributed by atoms with Crippen molar-refractivity contribution < 1.29 is 9.59 Å². The van der Waals surface area contributed by atoms with Crippen molar-refractivity contribution in [3.05, 3.63) is 16.6 Å². The highest BCUT2D eigenvalue weighted by Crippen LogP contribution is 2.27. The monoisotopic (exact) mass is 401 g/mol. The van der Waals surface area contributed by atoms with Crippen LogP contribution >= 0.6 is 23.7 Å². The van der Waals surface area contributed by atoms with Crippen LogP contribution < -0.4 is 16.4 Å². The van der Waals surface area contributed by atoms with E-state index in [2.05, 4.69) is 22.7 Å². The van der Waals surface area contributed by atoms with Crippen LogP contribution in [0.4, 0.5) is 0 Å². The van der Waals surface area contributed by atoms with Crippen molar-refractivity contribution in [1.29, 1.82) is 0 Å². The number of nitrogens with two attached hydrogens (primary N) is 1. The smallest absolute Gasteiger partial charge is 0.262 e. The third-order valence-corrected chi connectivity index (χ3v) is 5.40. The Kier molecular flexibility index (Phi) is 8.52. The van der Waals surface area contributed by atoms with Gasteiger partial charge in [-0.25, -0.2) is 0 Å². The van der Waals surface area contributed by atoms with Crippen LogP contribution in [0.15, 0.2) is 6.07 Å². The fourth-order valence-corrected chi connectivity index (χ4v) is 3.70. The molecule has 146 valence electrons. The summed E-state index contributed by atoms with van der Waals surface area (Å²) in [7, 11) is 1.85. The predicted octanol–water partition coefficient (Wildman–Crippen LogP) is 2.12. The number of hydrogen-bond acceptors (Lipinski definition) is 5. The van der Waals surface area contributed by atoms with Crippen molar-refractivity contribution in [1.82, 2.24) is 20.4 Å². The molecular weight excluding hydrogens is 374 g/mol. The number of aromatic nitrogens is 2. The summed E-state index contributed by atoms with van der Waals surface area (Å²) in [5.41, 5.74) is 6.59. The Morgan fingerprint density at radius 1 is 1.38 bits per heavy atom. The first-order valence-electron chi connectivity index (χ1n) is 8.61. The summed E-state index contributed by atoms with van der Waals surface area (Å²) in [4.78, 5) is 26.2. The normalized spacial score (nSPS) is 13.1. The van der Waals surface area contributed by atoms with Crippen molar-refractivity contribution in [2.24, 2.45) is 12.8 Å². The van der Waals surface area contributed by atoms with E-state index < -0.39 is 6.04 Å². The zero-order valence-corrected chi connectivity index (χ0v) is 17.3. The van der Waals surface area contributed by atoms with Crippen molar-refractivity contribution in [3.8, 4) is 0 Å². The Morgan fingerprint density at radius 2 is 2.08 bits per heavy atom. The highest BCUT2D eigenvalue weighted by molar-refractivity contribution is 7.20. The molecule has 0 fully saturated rings. The highest BCUT2D eigenvalue weighted by Gasteiger charge is 2.21. The molecule has 0 aliphatic heterocycles. The van der Waals surface area contributed by atoms with Gasteiger partial charge in [0, 0.05) is 25.0 Å². The van der Waals surface area contributed by atoms with Crippen molar-refractivity contribution in [3.63, 3.8) is 0 Å². The number of fused-ring (bicyclic) bond motifs is 1. The number of rotatable bonds is 8. The van der Waals surface area contributed by atoms with Gasteiger partial charge < -0.3 is 16.4 Å². The number of hydrogen-bond donors (Lipinski definition) is 3. The fraction of sp³-hybridized carbons (Fsp3) is 0.588. The Morgan fingerprint density at radius 3 is 2.65 bits per heavy atom. The van der Waals surface area contributed by atoms with Gasteiger partial charge in [-0.1, -0.05) is 19.8 Å². The Balaban J connectivity index is 0.00000338. The lowest BCUT2D eigenvalue weighted by Crippen LogP contribution is -2.49. The van der Waals surface area contributed by atoms with E-state index in [1.54, 1.807) is 11.6 Å². The average Bonchev–Trinajstić information content (AvgIpc) is 3.13. The van der Waals surface area contributed by atoms with Crippen LogP contribution in [0.25, 0.3) is 10.2 Å². The Labute approximate surface area is 164 Å². The second kappa shape index (κ2) is 9.89. The second-order valence-electron chi connectivity index (χ2n) is 6.32. The first kappa shape index (κ1) is 22.4. The largest absolute Gasteiger partial charge is 0.350 e. The van der Waals surface area contributed by atoms with Crippen LogP contribution in [-0.2, 0) is 11.8 Å². The number of nitrogens with zero attached hydrogens (tertiary/aromatic N) is 2. The average molecular weight is 402 g/mol. The summed E-state index contributed by atoms with van der Waals surface area (Å²) >= 11 is 1.37. The molecule has 0 aromatic carbocycles. The molecule has 2 amide bonds. The van der Waals surface area contributed by atoms with E-state index in [1.165, 1.54) is 11.3 Å². The number of thiophene rings is 1. The SMILES string of the molecule is CCCCC(CN)NC(=O)C(C)NC(=O)c1cc2c(C)nn(C)c2s1.Cl. The number of carbonyl (C=O) groups excluding carboxylic acids is 2. The molecule has 2 aromatic heterocycles. The molecule has 2 aromatic rings. The van der Waals surface area contributed by atoms with Crippen LogP contribution in [0.5, 0.6) is 0 Å². The molecule has 9 heteroatoms. The van der Waals surface area contributed by atoms with Crippen LogP contribution in [0, 0.1) is 6.92 Å². The van der Waals surface area contributed by atoms with Gasteiger partial charge in [0.1, 0.15) is 10.9 Å². The molecule has 0 bridgehead atoms. The molecule has 2 heterocycles. The Bertz CT molecular complexity index is 723. The molecule has 0 saturated heterocycles. The third-order valence-electron chi connectivity index (χ3n) is 4.20. The van der Waals surface area contributed by atoms with E-state index in [0.29, 0.717) is 11.4 Å². The van der Waals surface area contributed by atoms with E-state index >= 15 is 0 Å². The van der Waals surface area contributed by atoms with Crippen LogP contribution in [-0.4, -0.2) is 40.2 Å². The number of aryl methyl sites for hydroxylation is 2. The van der Waals surface area contributed by atoms with E-state index in [9.17, 15) is 9.59 Å². The third kappa shape index (κ3) is 5.18. The molecule has 2 atom stereocenters. The first-order valence-corrected chi connectivity index (χ1v) is 9.43. The molecule has 7 nitrogen and oxygen atoms in total.